The number of hydrogen-bond donors (Lipinski definition) is 2. The van der Waals surface area contributed by atoms with Gasteiger partial charge in [-0.1, -0.05) is 46.6 Å². The van der Waals surface area contributed by atoms with E-state index in [0.717, 1.165) is 11.8 Å². The third-order valence-corrected chi connectivity index (χ3v) is 6.64. The molecule has 34 heavy (non-hydrogen) atoms. The van der Waals surface area contributed by atoms with Gasteiger partial charge in [0.2, 0.25) is 5.91 Å². The molecule has 0 aliphatic carbocycles. The number of nitrogens with zero attached hydrogens (tertiary/aromatic N) is 4. The maximum Gasteiger partial charge on any atom is 0.271 e. The monoisotopic (exact) mass is 542 g/mol. The molecule has 1 atom stereocenters. The van der Waals surface area contributed by atoms with Crippen LogP contribution < -0.4 is 10.6 Å². The normalized spacial score (nSPS) is 11.7. The minimum atomic E-state index is -0.580. The molecule has 2 N–H and O–H groups in total. The van der Waals surface area contributed by atoms with Crippen molar-refractivity contribution in [1.29, 1.82) is 0 Å². The third kappa shape index (κ3) is 6.17. The molecule has 14 heteroatoms. The molecule has 0 bridgehead atoms. The number of non-ortho nitro benzene ring substituents is 1. The predicted molar refractivity (Wildman–Crippen MR) is 131 cm³/mol. The molecule has 10 nitrogen and oxygen atoms in total. The van der Waals surface area contributed by atoms with Gasteiger partial charge in [-0.3, -0.25) is 19.7 Å². The molecule has 178 valence electrons. The number of carbonyl (C=O) groups excluding carboxylic acids is 2. The number of rotatable bonds is 8. The Labute approximate surface area is 213 Å². The van der Waals surface area contributed by atoms with Crippen molar-refractivity contribution >= 4 is 69.8 Å². The number of amides is 2. The molecular weight excluding hydrogens is 527 g/mol. The van der Waals surface area contributed by atoms with Crippen LogP contribution in [0, 0.1) is 10.1 Å². The van der Waals surface area contributed by atoms with Crippen LogP contribution in [0.4, 0.5) is 11.4 Å². The van der Waals surface area contributed by atoms with Gasteiger partial charge >= 0.3 is 0 Å². The third-order valence-electron chi connectivity index (χ3n) is 4.55. The molecule has 0 spiro atoms. The van der Waals surface area contributed by atoms with Crippen molar-refractivity contribution in [3.05, 3.63) is 73.0 Å². The van der Waals surface area contributed by atoms with Crippen LogP contribution in [0.25, 0.3) is 0 Å². The highest BCUT2D eigenvalue weighted by atomic mass is 35.5. The van der Waals surface area contributed by atoms with Crippen molar-refractivity contribution in [3.8, 4) is 0 Å². The van der Waals surface area contributed by atoms with Crippen LogP contribution in [-0.4, -0.2) is 37.3 Å². The van der Waals surface area contributed by atoms with Crippen molar-refractivity contribution in [2.45, 2.75) is 18.1 Å². The van der Waals surface area contributed by atoms with Crippen LogP contribution in [0.1, 0.15) is 29.1 Å². The summed E-state index contributed by atoms with van der Waals surface area (Å²) in [5, 5.41) is 25.7. The second kappa shape index (κ2) is 11.0. The van der Waals surface area contributed by atoms with Gasteiger partial charge in [0.15, 0.2) is 11.0 Å². The fourth-order valence-corrected chi connectivity index (χ4v) is 4.03. The number of nitro benzene ring substituents is 1. The van der Waals surface area contributed by atoms with Crippen LogP contribution in [0.5, 0.6) is 0 Å². The molecule has 0 radical (unpaired) electrons. The summed E-state index contributed by atoms with van der Waals surface area (Å²) in [6.07, 6.45) is 0. The minimum Gasteiger partial charge on any atom is -0.342 e. The molecule has 2 amide bonds. The van der Waals surface area contributed by atoms with E-state index in [4.69, 9.17) is 34.8 Å². The van der Waals surface area contributed by atoms with Crippen molar-refractivity contribution in [1.82, 2.24) is 20.1 Å². The first kappa shape index (κ1) is 25.8. The van der Waals surface area contributed by atoms with Gasteiger partial charge < -0.3 is 15.2 Å². The Morgan fingerprint density at radius 2 is 1.82 bits per heavy atom. The first-order valence-corrected chi connectivity index (χ1v) is 11.7. The fraction of sp³-hybridized carbons (Fsp3) is 0.200. The molecule has 1 aromatic heterocycles. The van der Waals surface area contributed by atoms with E-state index in [-0.39, 0.29) is 33.1 Å². The van der Waals surface area contributed by atoms with Crippen LogP contribution in [-0.2, 0) is 11.8 Å². The topological polar surface area (TPSA) is 132 Å². The lowest BCUT2D eigenvalue weighted by atomic mass is 10.2. The number of aromatic nitrogens is 3. The maximum atomic E-state index is 12.5. The number of nitro groups is 1. The number of halogens is 3. The average molecular weight is 544 g/mol. The summed E-state index contributed by atoms with van der Waals surface area (Å²) in [6.45, 7) is 1.74. The van der Waals surface area contributed by atoms with E-state index in [1.807, 2.05) is 0 Å². The lowest BCUT2D eigenvalue weighted by Crippen LogP contribution is -2.28. The number of hydrogen-bond acceptors (Lipinski definition) is 7. The summed E-state index contributed by atoms with van der Waals surface area (Å²) >= 11 is 19.0. The first-order chi connectivity index (χ1) is 16.1. The Hall–Kier alpha value is -2.86. The summed E-state index contributed by atoms with van der Waals surface area (Å²) in [4.78, 5) is 35.2. The number of benzene rings is 2. The van der Waals surface area contributed by atoms with E-state index >= 15 is 0 Å². The highest BCUT2D eigenvalue weighted by Crippen LogP contribution is 2.27. The first-order valence-electron chi connectivity index (χ1n) is 9.58. The Kier molecular flexibility index (Phi) is 8.37. The lowest BCUT2D eigenvalue weighted by Gasteiger charge is -2.14. The molecule has 3 aromatic rings. The molecule has 2 aromatic carbocycles. The number of carbonyl (C=O) groups is 2. The number of nitrogens with one attached hydrogen (secondary N) is 2. The summed E-state index contributed by atoms with van der Waals surface area (Å²) < 4.78 is 1.65. The summed E-state index contributed by atoms with van der Waals surface area (Å²) in [5.74, 6) is -0.373. The van der Waals surface area contributed by atoms with Gasteiger partial charge in [0.05, 0.1) is 37.5 Å². The molecular formula is C20H17Cl3N6O4S. The van der Waals surface area contributed by atoms with Gasteiger partial charge in [-0.2, -0.15) is 0 Å². The Morgan fingerprint density at radius 3 is 2.50 bits per heavy atom. The smallest absolute Gasteiger partial charge is 0.271 e. The van der Waals surface area contributed by atoms with E-state index < -0.39 is 16.9 Å². The number of anilines is 1. The zero-order valence-corrected chi connectivity index (χ0v) is 20.8. The van der Waals surface area contributed by atoms with E-state index in [0.29, 0.717) is 21.6 Å². The molecule has 0 saturated heterocycles. The zero-order chi connectivity index (χ0) is 25.0. The summed E-state index contributed by atoms with van der Waals surface area (Å²) in [6, 6.07) is 7.83. The van der Waals surface area contributed by atoms with Crippen LogP contribution in [0.15, 0.2) is 41.6 Å². The Morgan fingerprint density at radius 1 is 1.12 bits per heavy atom. The molecule has 3 rings (SSSR count). The van der Waals surface area contributed by atoms with Gasteiger partial charge in [0.25, 0.3) is 11.6 Å². The quantitative estimate of drug-likeness (QED) is 0.234. The van der Waals surface area contributed by atoms with E-state index in [2.05, 4.69) is 20.8 Å². The van der Waals surface area contributed by atoms with Gasteiger partial charge in [0, 0.05) is 24.7 Å². The molecule has 0 aliphatic heterocycles. The van der Waals surface area contributed by atoms with Crippen LogP contribution >= 0.6 is 46.6 Å². The Balaban J connectivity index is 1.61. The Bertz CT molecular complexity index is 1270. The van der Waals surface area contributed by atoms with Crippen LogP contribution in [0.2, 0.25) is 15.1 Å². The molecule has 0 unspecified atom stereocenters. The highest BCUT2D eigenvalue weighted by Gasteiger charge is 2.20. The predicted octanol–water partition coefficient (Wildman–Crippen LogP) is 4.91. The van der Waals surface area contributed by atoms with Gasteiger partial charge in [-0.25, -0.2) is 0 Å². The largest absolute Gasteiger partial charge is 0.342 e. The van der Waals surface area contributed by atoms with E-state index in [1.54, 1.807) is 24.6 Å². The minimum absolute atomic E-state index is 0.0466. The second-order valence-electron chi connectivity index (χ2n) is 6.98. The van der Waals surface area contributed by atoms with E-state index in [9.17, 15) is 19.7 Å². The zero-order valence-electron chi connectivity index (χ0n) is 17.7. The van der Waals surface area contributed by atoms with Gasteiger partial charge in [-0.15, -0.1) is 10.2 Å². The van der Waals surface area contributed by atoms with Crippen molar-refractivity contribution in [2.24, 2.45) is 7.05 Å². The van der Waals surface area contributed by atoms with Crippen LogP contribution in [0.3, 0.4) is 0 Å². The lowest BCUT2D eigenvalue weighted by molar-refractivity contribution is -0.384. The van der Waals surface area contributed by atoms with Crippen molar-refractivity contribution in [3.63, 3.8) is 0 Å². The van der Waals surface area contributed by atoms with E-state index in [1.165, 1.54) is 30.3 Å². The molecule has 1 heterocycles. The summed E-state index contributed by atoms with van der Waals surface area (Å²) in [7, 11) is 1.70. The molecule has 0 fully saturated rings. The molecule has 0 saturated carbocycles. The second-order valence-corrected chi connectivity index (χ2v) is 9.15. The maximum absolute atomic E-state index is 12.5. The molecule has 0 aliphatic rings. The fourth-order valence-electron chi connectivity index (χ4n) is 2.85. The highest BCUT2D eigenvalue weighted by molar-refractivity contribution is 7.99. The SMILES string of the molecule is C[C@H](NC(=O)c1ccc(Cl)c(Cl)c1)c1nnc(SCC(=O)Nc2cc([N+](=O)[O-])ccc2Cl)n1C. The van der Waals surface area contributed by atoms with Gasteiger partial charge in [0.1, 0.15) is 0 Å². The van der Waals surface area contributed by atoms with Crippen molar-refractivity contribution < 1.29 is 14.5 Å². The number of thioether (sulfide) groups is 1. The summed E-state index contributed by atoms with van der Waals surface area (Å²) in [5.41, 5.74) is 0.287. The van der Waals surface area contributed by atoms with Crippen molar-refractivity contribution in [2.75, 3.05) is 11.1 Å². The standard InChI is InChI=1S/C20H17Cl3N6O4S/c1-10(24-19(31)11-3-5-13(21)15(23)7-11)18-26-27-20(28(18)2)34-9-17(30)25-16-8-12(29(32)33)4-6-14(16)22/h3-8,10H,9H2,1-2H3,(H,24,31)(H,25,30)/t10-/m0/s1. The average Bonchev–Trinajstić information content (AvgIpc) is 3.15. The van der Waals surface area contributed by atoms with Gasteiger partial charge in [-0.05, 0) is 31.2 Å².